The molecule has 1 aromatic carbocycles. The summed E-state index contributed by atoms with van der Waals surface area (Å²) in [5, 5.41) is 3.15. The number of ether oxygens (including phenoxy) is 2. The van der Waals surface area contributed by atoms with Gasteiger partial charge in [0.1, 0.15) is 5.82 Å². The van der Waals surface area contributed by atoms with Crippen LogP contribution in [0.5, 0.6) is 11.5 Å². The van der Waals surface area contributed by atoms with Gasteiger partial charge in [-0.1, -0.05) is 6.07 Å². The topological polar surface area (TPSA) is 102 Å². The summed E-state index contributed by atoms with van der Waals surface area (Å²) in [7, 11) is -3.76. The third kappa shape index (κ3) is 3.93. The number of benzene rings is 1. The maximum absolute atomic E-state index is 12.5. The highest BCUT2D eigenvalue weighted by atomic mass is 32.2. The van der Waals surface area contributed by atoms with E-state index in [-0.39, 0.29) is 11.7 Å². The normalized spacial score (nSPS) is 12.6. The molecule has 0 amide bonds. The maximum Gasteiger partial charge on any atom is 0.262 e. The summed E-state index contributed by atoms with van der Waals surface area (Å²) in [6.07, 6.45) is 4.93. The highest BCUT2D eigenvalue weighted by molar-refractivity contribution is 7.92. The molecule has 3 aromatic rings. The Morgan fingerprint density at radius 3 is 2.70 bits per heavy atom. The first-order valence-corrected chi connectivity index (χ1v) is 9.60. The molecule has 0 bridgehead atoms. The molecule has 0 saturated heterocycles. The number of aromatic nitrogens is 2. The van der Waals surface area contributed by atoms with Crippen molar-refractivity contribution in [3.8, 4) is 11.5 Å². The van der Waals surface area contributed by atoms with Gasteiger partial charge in [-0.3, -0.25) is 9.71 Å². The van der Waals surface area contributed by atoms with Crippen LogP contribution in [0.25, 0.3) is 0 Å². The first-order chi connectivity index (χ1) is 13.1. The van der Waals surface area contributed by atoms with Crippen LogP contribution in [0.15, 0.2) is 66.0 Å². The maximum atomic E-state index is 12.5. The number of nitrogens with zero attached hydrogens (tertiary/aromatic N) is 2. The molecule has 3 heterocycles. The molecule has 2 N–H and O–H groups in total. The predicted molar refractivity (Wildman–Crippen MR) is 99.2 cm³/mol. The van der Waals surface area contributed by atoms with Crippen molar-refractivity contribution in [2.75, 3.05) is 16.8 Å². The van der Waals surface area contributed by atoms with Crippen LogP contribution in [-0.4, -0.2) is 25.2 Å². The molecule has 0 aliphatic carbocycles. The van der Waals surface area contributed by atoms with Crippen LogP contribution in [0.3, 0.4) is 0 Å². The van der Waals surface area contributed by atoms with Gasteiger partial charge in [0.2, 0.25) is 6.79 Å². The lowest BCUT2D eigenvalue weighted by molar-refractivity contribution is 0.174. The minimum absolute atomic E-state index is 0.0870. The molecule has 4 rings (SSSR count). The minimum atomic E-state index is -3.76. The van der Waals surface area contributed by atoms with E-state index >= 15 is 0 Å². The Kier molecular flexibility index (Phi) is 4.51. The molecule has 138 valence electrons. The number of anilines is 2. The molecular weight excluding hydrogens is 368 g/mol. The van der Waals surface area contributed by atoms with Crippen LogP contribution in [-0.2, 0) is 16.6 Å². The highest BCUT2D eigenvalue weighted by Gasteiger charge is 2.20. The first kappa shape index (κ1) is 17.1. The second-order valence-electron chi connectivity index (χ2n) is 5.77. The van der Waals surface area contributed by atoms with Crippen molar-refractivity contribution in [1.82, 2.24) is 9.97 Å². The largest absolute Gasteiger partial charge is 0.454 e. The number of pyridine rings is 2. The average molecular weight is 384 g/mol. The minimum Gasteiger partial charge on any atom is -0.454 e. The Labute approximate surface area is 156 Å². The highest BCUT2D eigenvalue weighted by Crippen LogP contribution is 2.34. The third-order valence-electron chi connectivity index (χ3n) is 3.87. The van der Waals surface area contributed by atoms with E-state index in [1.807, 2.05) is 12.1 Å². The lowest BCUT2D eigenvalue weighted by Crippen LogP contribution is -2.13. The Hall–Kier alpha value is -3.33. The molecule has 0 atom stereocenters. The van der Waals surface area contributed by atoms with Crippen molar-refractivity contribution in [3.63, 3.8) is 0 Å². The van der Waals surface area contributed by atoms with E-state index in [1.165, 1.54) is 18.3 Å². The van der Waals surface area contributed by atoms with E-state index in [4.69, 9.17) is 9.47 Å². The van der Waals surface area contributed by atoms with Crippen LogP contribution in [0.4, 0.5) is 11.5 Å². The van der Waals surface area contributed by atoms with Gasteiger partial charge in [-0.25, -0.2) is 13.4 Å². The second kappa shape index (κ2) is 7.12. The molecule has 8 nitrogen and oxygen atoms in total. The number of fused-ring (bicyclic) bond motifs is 1. The van der Waals surface area contributed by atoms with Crippen LogP contribution in [0.1, 0.15) is 5.56 Å². The third-order valence-corrected chi connectivity index (χ3v) is 5.25. The zero-order valence-electron chi connectivity index (χ0n) is 14.1. The zero-order chi connectivity index (χ0) is 18.7. The van der Waals surface area contributed by atoms with Crippen LogP contribution < -0.4 is 19.5 Å². The summed E-state index contributed by atoms with van der Waals surface area (Å²) >= 11 is 0. The Balaban J connectivity index is 1.43. The fourth-order valence-corrected chi connectivity index (χ4v) is 3.57. The van der Waals surface area contributed by atoms with Gasteiger partial charge in [0.25, 0.3) is 10.0 Å². The van der Waals surface area contributed by atoms with E-state index in [9.17, 15) is 8.42 Å². The Bertz CT molecular complexity index is 1040. The van der Waals surface area contributed by atoms with E-state index in [1.54, 1.807) is 30.6 Å². The first-order valence-electron chi connectivity index (χ1n) is 8.11. The molecule has 0 saturated carbocycles. The van der Waals surface area contributed by atoms with Crippen molar-refractivity contribution in [2.45, 2.75) is 11.4 Å². The SMILES string of the molecule is O=S(=O)(Nc1ccc(NCc2cccnc2)nc1)c1ccc2c(c1)OCO2. The lowest BCUT2D eigenvalue weighted by atomic mass is 10.3. The average Bonchev–Trinajstić information content (AvgIpc) is 3.16. The fourth-order valence-electron chi connectivity index (χ4n) is 2.51. The molecule has 0 radical (unpaired) electrons. The van der Waals surface area contributed by atoms with Gasteiger partial charge in [0.15, 0.2) is 11.5 Å². The van der Waals surface area contributed by atoms with E-state index < -0.39 is 10.0 Å². The number of hydrogen-bond acceptors (Lipinski definition) is 7. The molecule has 9 heteroatoms. The molecule has 0 spiro atoms. The second-order valence-corrected chi connectivity index (χ2v) is 7.45. The van der Waals surface area contributed by atoms with E-state index in [2.05, 4.69) is 20.0 Å². The summed E-state index contributed by atoms with van der Waals surface area (Å²) in [5.74, 6) is 1.57. The number of sulfonamides is 1. The quantitative estimate of drug-likeness (QED) is 0.673. The van der Waals surface area contributed by atoms with Gasteiger partial charge >= 0.3 is 0 Å². The molecule has 1 aliphatic rings. The number of nitrogens with one attached hydrogen (secondary N) is 2. The Morgan fingerprint density at radius 1 is 1.04 bits per heavy atom. The van der Waals surface area contributed by atoms with Crippen LogP contribution in [0.2, 0.25) is 0 Å². The van der Waals surface area contributed by atoms with Gasteiger partial charge in [-0.05, 0) is 35.9 Å². The molecule has 0 fully saturated rings. The molecule has 1 aliphatic heterocycles. The summed E-state index contributed by atoms with van der Waals surface area (Å²) < 4.78 is 38.0. The molecule has 27 heavy (non-hydrogen) atoms. The lowest BCUT2D eigenvalue weighted by Gasteiger charge is -2.10. The molecule has 0 unspecified atom stereocenters. The van der Waals surface area contributed by atoms with Gasteiger partial charge in [-0.2, -0.15) is 0 Å². The summed E-state index contributed by atoms with van der Waals surface area (Å²) in [5.41, 5.74) is 1.38. The van der Waals surface area contributed by atoms with E-state index in [0.717, 1.165) is 5.56 Å². The van der Waals surface area contributed by atoms with Crippen molar-refractivity contribution in [2.24, 2.45) is 0 Å². The Morgan fingerprint density at radius 2 is 1.93 bits per heavy atom. The zero-order valence-corrected chi connectivity index (χ0v) is 14.9. The number of rotatable bonds is 6. The molecular formula is C18H16N4O4S. The van der Waals surface area contributed by atoms with E-state index in [0.29, 0.717) is 29.5 Å². The predicted octanol–water partition coefficient (Wildman–Crippen LogP) is 2.62. The van der Waals surface area contributed by atoms with Crippen molar-refractivity contribution < 1.29 is 17.9 Å². The summed E-state index contributed by atoms with van der Waals surface area (Å²) in [4.78, 5) is 8.36. The number of hydrogen-bond donors (Lipinski definition) is 2. The van der Waals surface area contributed by atoms with Gasteiger partial charge in [-0.15, -0.1) is 0 Å². The summed E-state index contributed by atoms with van der Waals surface area (Å²) in [6, 6.07) is 11.6. The van der Waals surface area contributed by atoms with Gasteiger partial charge in [0, 0.05) is 25.0 Å². The molecule has 2 aromatic heterocycles. The standard InChI is InChI=1S/C18H16N4O4S/c23-27(24,15-4-5-16-17(8-15)26-12-25-16)22-14-3-6-18(21-11-14)20-10-13-2-1-7-19-9-13/h1-9,11,22H,10,12H2,(H,20,21). The smallest absolute Gasteiger partial charge is 0.262 e. The van der Waals surface area contributed by atoms with Gasteiger partial charge < -0.3 is 14.8 Å². The fraction of sp³-hybridized carbons (Fsp3) is 0.111. The van der Waals surface area contributed by atoms with Crippen molar-refractivity contribution in [1.29, 1.82) is 0 Å². The van der Waals surface area contributed by atoms with Crippen molar-refractivity contribution >= 4 is 21.5 Å². The van der Waals surface area contributed by atoms with Crippen LogP contribution in [0, 0.1) is 0 Å². The summed E-state index contributed by atoms with van der Waals surface area (Å²) in [6.45, 7) is 0.660. The van der Waals surface area contributed by atoms with Gasteiger partial charge in [0.05, 0.1) is 16.8 Å². The van der Waals surface area contributed by atoms with Crippen LogP contribution >= 0.6 is 0 Å². The van der Waals surface area contributed by atoms with Crippen molar-refractivity contribution in [3.05, 3.63) is 66.6 Å². The monoisotopic (exact) mass is 384 g/mol.